The van der Waals surface area contributed by atoms with Gasteiger partial charge in [0, 0.05) is 31.5 Å². The molecular weight excluding hydrogens is 256 g/mol. The van der Waals surface area contributed by atoms with Gasteiger partial charge in [0.1, 0.15) is 0 Å². The third kappa shape index (κ3) is 8.91. The average molecular weight is 286 g/mol. The van der Waals surface area contributed by atoms with Crippen LogP contribution in [0.1, 0.15) is 53.4 Å². The fourth-order valence-electron chi connectivity index (χ4n) is 1.84. The lowest BCUT2D eigenvalue weighted by Gasteiger charge is -2.18. The number of carbonyl (C=O) groups excluding carboxylic acids is 2. The van der Waals surface area contributed by atoms with E-state index in [1.54, 1.807) is 0 Å². The Kier molecular flexibility index (Phi) is 9.21. The first-order valence-electron chi connectivity index (χ1n) is 7.47. The van der Waals surface area contributed by atoms with Crippen LogP contribution in [0.3, 0.4) is 0 Å². The molecule has 20 heavy (non-hydrogen) atoms. The minimum atomic E-state index is -0.427. The summed E-state index contributed by atoms with van der Waals surface area (Å²) in [5.74, 6) is 0.228. The molecule has 118 valence electrons. The molecule has 0 aliphatic heterocycles. The monoisotopic (exact) mass is 286 g/mol. The van der Waals surface area contributed by atoms with Gasteiger partial charge >= 0.3 is 0 Å². The normalized spacial score (nSPS) is 12.8. The molecule has 0 saturated carbocycles. The molecule has 1 atom stereocenters. The first-order chi connectivity index (χ1) is 9.31. The van der Waals surface area contributed by atoms with Crippen molar-refractivity contribution in [1.29, 1.82) is 0 Å². The Morgan fingerprint density at radius 1 is 1.15 bits per heavy atom. The number of amides is 2. The minimum absolute atomic E-state index is 0.0468. The van der Waals surface area contributed by atoms with E-state index in [1.807, 2.05) is 20.8 Å². The highest BCUT2D eigenvalue weighted by Gasteiger charge is 2.20. The Morgan fingerprint density at radius 3 is 2.30 bits per heavy atom. The first kappa shape index (κ1) is 18.9. The number of nitrogens with one attached hydrogen (secondary N) is 2. The smallest absolute Gasteiger partial charge is 0.225 e. The predicted molar refractivity (Wildman–Crippen MR) is 80.2 cm³/mol. The summed E-state index contributed by atoms with van der Waals surface area (Å²) in [6, 6.07) is 0. The number of aliphatic hydroxyl groups is 1. The summed E-state index contributed by atoms with van der Waals surface area (Å²) in [6.07, 6.45) is 3.05. The molecule has 2 amide bonds. The van der Waals surface area contributed by atoms with E-state index in [4.69, 9.17) is 5.11 Å². The van der Waals surface area contributed by atoms with Crippen molar-refractivity contribution >= 4 is 11.8 Å². The molecule has 0 aliphatic rings. The number of aliphatic hydroxyl groups excluding tert-OH is 1. The molecular formula is C15H30N2O3. The molecule has 5 nitrogen and oxygen atoms in total. The van der Waals surface area contributed by atoms with Crippen LogP contribution in [0.2, 0.25) is 0 Å². The largest absolute Gasteiger partial charge is 0.396 e. The van der Waals surface area contributed by atoms with Gasteiger partial charge in [0.15, 0.2) is 0 Å². The maximum absolute atomic E-state index is 11.7. The van der Waals surface area contributed by atoms with Gasteiger partial charge in [0.25, 0.3) is 0 Å². The van der Waals surface area contributed by atoms with E-state index in [-0.39, 0.29) is 18.4 Å². The van der Waals surface area contributed by atoms with Gasteiger partial charge in [-0.2, -0.15) is 0 Å². The second-order valence-electron chi connectivity index (χ2n) is 6.23. The van der Waals surface area contributed by atoms with Crippen LogP contribution in [0.5, 0.6) is 0 Å². The summed E-state index contributed by atoms with van der Waals surface area (Å²) < 4.78 is 0. The molecule has 0 aromatic carbocycles. The number of hydrogen-bond donors (Lipinski definition) is 3. The summed E-state index contributed by atoms with van der Waals surface area (Å²) in [4.78, 5) is 23.3. The van der Waals surface area contributed by atoms with E-state index < -0.39 is 5.41 Å². The van der Waals surface area contributed by atoms with Crippen molar-refractivity contribution in [1.82, 2.24) is 10.6 Å². The number of rotatable bonds is 9. The Labute approximate surface area is 122 Å². The highest BCUT2D eigenvalue weighted by molar-refractivity contribution is 5.82. The molecule has 0 aromatic rings. The molecule has 0 spiro atoms. The quantitative estimate of drug-likeness (QED) is 0.600. The Bertz CT molecular complexity index is 292. The van der Waals surface area contributed by atoms with E-state index in [9.17, 15) is 9.59 Å². The van der Waals surface area contributed by atoms with E-state index in [1.165, 1.54) is 0 Å². The van der Waals surface area contributed by atoms with Gasteiger partial charge < -0.3 is 15.7 Å². The summed E-state index contributed by atoms with van der Waals surface area (Å²) in [6.45, 7) is 8.73. The number of carbonyl (C=O) groups is 2. The van der Waals surface area contributed by atoms with Gasteiger partial charge in [-0.25, -0.2) is 0 Å². The zero-order valence-electron chi connectivity index (χ0n) is 13.3. The maximum Gasteiger partial charge on any atom is 0.225 e. The molecule has 0 fully saturated rings. The van der Waals surface area contributed by atoms with Crippen LogP contribution in [-0.4, -0.2) is 36.6 Å². The molecule has 0 radical (unpaired) electrons. The van der Waals surface area contributed by atoms with Gasteiger partial charge in [-0.3, -0.25) is 9.59 Å². The minimum Gasteiger partial charge on any atom is -0.396 e. The molecule has 3 N–H and O–H groups in total. The van der Waals surface area contributed by atoms with E-state index in [2.05, 4.69) is 17.6 Å². The second-order valence-corrected chi connectivity index (χ2v) is 6.23. The van der Waals surface area contributed by atoms with Crippen molar-refractivity contribution in [3.05, 3.63) is 0 Å². The molecule has 5 heteroatoms. The van der Waals surface area contributed by atoms with Gasteiger partial charge in [-0.05, 0) is 18.8 Å². The number of hydrogen-bond acceptors (Lipinski definition) is 3. The van der Waals surface area contributed by atoms with Crippen LogP contribution in [0.4, 0.5) is 0 Å². The average Bonchev–Trinajstić information content (AvgIpc) is 2.35. The van der Waals surface area contributed by atoms with E-state index in [0.717, 1.165) is 19.3 Å². The van der Waals surface area contributed by atoms with Crippen molar-refractivity contribution in [2.45, 2.75) is 53.4 Å². The van der Waals surface area contributed by atoms with Crippen molar-refractivity contribution in [3.63, 3.8) is 0 Å². The zero-order chi connectivity index (χ0) is 15.6. The Morgan fingerprint density at radius 2 is 1.80 bits per heavy atom. The third-order valence-corrected chi connectivity index (χ3v) is 3.14. The van der Waals surface area contributed by atoms with E-state index in [0.29, 0.717) is 25.4 Å². The molecule has 0 rings (SSSR count). The topological polar surface area (TPSA) is 78.4 Å². The highest BCUT2D eigenvalue weighted by Crippen LogP contribution is 2.12. The zero-order valence-corrected chi connectivity index (χ0v) is 13.3. The van der Waals surface area contributed by atoms with Crippen LogP contribution in [0.15, 0.2) is 0 Å². The molecule has 0 saturated heterocycles. The summed E-state index contributed by atoms with van der Waals surface area (Å²) in [7, 11) is 0. The van der Waals surface area contributed by atoms with Crippen LogP contribution in [0, 0.1) is 11.3 Å². The van der Waals surface area contributed by atoms with Crippen molar-refractivity contribution in [2.75, 3.05) is 19.7 Å². The maximum atomic E-state index is 11.7. The fourth-order valence-corrected chi connectivity index (χ4v) is 1.84. The fraction of sp³-hybridized carbons (Fsp3) is 0.867. The lowest BCUT2D eigenvalue weighted by atomic mass is 9.96. The van der Waals surface area contributed by atoms with Gasteiger partial charge in [-0.15, -0.1) is 0 Å². The Hall–Kier alpha value is -1.10. The van der Waals surface area contributed by atoms with Crippen LogP contribution in [0.25, 0.3) is 0 Å². The molecule has 0 aromatic heterocycles. The van der Waals surface area contributed by atoms with Gasteiger partial charge in [-0.1, -0.05) is 34.1 Å². The predicted octanol–water partition coefficient (Wildman–Crippen LogP) is 1.45. The van der Waals surface area contributed by atoms with Crippen LogP contribution >= 0.6 is 0 Å². The van der Waals surface area contributed by atoms with Gasteiger partial charge in [0.2, 0.25) is 11.8 Å². The molecule has 1 unspecified atom stereocenters. The van der Waals surface area contributed by atoms with Crippen molar-refractivity contribution < 1.29 is 14.7 Å². The first-order valence-corrected chi connectivity index (χ1v) is 7.47. The summed E-state index contributed by atoms with van der Waals surface area (Å²) in [5, 5.41) is 14.6. The standard InChI is InChI=1S/C15H30N2O3/c1-5-6-12(8-10-18)11-17-13(19)7-9-16-14(20)15(2,3)4/h12,18H,5-11H2,1-4H3,(H,16,20)(H,17,19). The molecule has 0 aliphatic carbocycles. The third-order valence-electron chi connectivity index (χ3n) is 3.14. The van der Waals surface area contributed by atoms with Crippen molar-refractivity contribution in [2.24, 2.45) is 11.3 Å². The Balaban J connectivity index is 3.85. The summed E-state index contributed by atoms with van der Waals surface area (Å²) in [5.41, 5.74) is -0.427. The molecule has 0 bridgehead atoms. The van der Waals surface area contributed by atoms with Crippen molar-refractivity contribution in [3.8, 4) is 0 Å². The SMILES string of the molecule is CCCC(CCO)CNC(=O)CCNC(=O)C(C)(C)C. The van der Waals surface area contributed by atoms with Crippen LogP contribution in [-0.2, 0) is 9.59 Å². The van der Waals surface area contributed by atoms with Crippen LogP contribution < -0.4 is 10.6 Å². The summed E-state index contributed by atoms with van der Waals surface area (Å²) >= 11 is 0. The van der Waals surface area contributed by atoms with Gasteiger partial charge in [0.05, 0.1) is 0 Å². The van der Waals surface area contributed by atoms with E-state index >= 15 is 0 Å². The molecule has 0 heterocycles. The lowest BCUT2D eigenvalue weighted by molar-refractivity contribution is -0.128. The highest BCUT2D eigenvalue weighted by atomic mass is 16.3. The lowest BCUT2D eigenvalue weighted by Crippen LogP contribution is -2.38. The second kappa shape index (κ2) is 9.75.